The van der Waals surface area contributed by atoms with E-state index in [4.69, 9.17) is 0 Å². The lowest BCUT2D eigenvalue weighted by Crippen LogP contribution is -2.17. The fraction of sp³-hybridized carbons (Fsp3) is 0.0750. The molecular weight excluding hydrogens is 1030 g/mol. The first-order valence-electron chi connectivity index (χ1n) is 29.3. The number of thiophene rings is 1. The first-order valence-corrected chi connectivity index (χ1v) is 30.1. The average molecular weight is 1090 g/mol. The van der Waals surface area contributed by atoms with Crippen molar-refractivity contribution in [1.29, 1.82) is 0 Å². The summed E-state index contributed by atoms with van der Waals surface area (Å²) in [6.45, 7) is 9.54. The molecule has 0 N–H and O–H groups in total. The number of anilines is 6. The van der Waals surface area contributed by atoms with Crippen molar-refractivity contribution in [2.75, 3.05) is 9.80 Å². The lowest BCUT2D eigenvalue weighted by molar-refractivity contribution is 0.660. The molecule has 398 valence electrons. The molecule has 0 radical (unpaired) electrons. The average Bonchev–Trinajstić information content (AvgIpc) is 3.60. The molecule has 0 unspecified atom stereocenters. The second-order valence-electron chi connectivity index (χ2n) is 24.1. The van der Waals surface area contributed by atoms with Crippen molar-refractivity contribution in [1.82, 2.24) is 4.57 Å². The third-order valence-corrected chi connectivity index (χ3v) is 19.9. The van der Waals surface area contributed by atoms with E-state index in [1.165, 1.54) is 108 Å². The van der Waals surface area contributed by atoms with Gasteiger partial charge in [-0.3, -0.25) is 0 Å². The van der Waals surface area contributed by atoms with E-state index >= 15 is 0 Å². The van der Waals surface area contributed by atoms with Gasteiger partial charge in [-0.15, -0.1) is 11.3 Å². The molecule has 2 heterocycles. The van der Waals surface area contributed by atoms with Gasteiger partial charge >= 0.3 is 0 Å². The van der Waals surface area contributed by atoms with Crippen LogP contribution in [0.25, 0.3) is 103 Å². The summed E-state index contributed by atoms with van der Waals surface area (Å²) in [4.78, 5) is 5.02. The number of aromatic nitrogens is 1. The van der Waals surface area contributed by atoms with Crippen LogP contribution in [-0.4, -0.2) is 4.57 Å². The highest BCUT2D eigenvalue weighted by atomic mass is 32.1. The summed E-state index contributed by atoms with van der Waals surface area (Å²) in [5.74, 6) is 0. The van der Waals surface area contributed by atoms with Crippen LogP contribution in [0.5, 0.6) is 0 Å². The van der Waals surface area contributed by atoms with Gasteiger partial charge in [-0.1, -0.05) is 204 Å². The van der Waals surface area contributed by atoms with Crippen molar-refractivity contribution >= 4 is 109 Å². The Hall–Kier alpha value is -10.0. The summed E-state index contributed by atoms with van der Waals surface area (Å²) in [6.07, 6.45) is 0. The van der Waals surface area contributed by atoms with E-state index in [0.717, 1.165) is 50.9 Å². The van der Waals surface area contributed by atoms with E-state index in [2.05, 4.69) is 315 Å². The number of benzene rings is 13. The minimum Gasteiger partial charge on any atom is -0.310 e. The van der Waals surface area contributed by atoms with Crippen molar-refractivity contribution < 1.29 is 0 Å². The van der Waals surface area contributed by atoms with Crippen LogP contribution in [0, 0.1) is 0 Å². The van der Waals surface area contributed by atoms with Gasteiger partial charge in [-0.25, -0.2) is 0 Å². The molecule has 2 aliphatic rings. The smallest absolute Gasteiger partial charge is 0.0555 e. The number of rotatable bonds is 8. The predicted octanol–water partition coefficient (Wildman–Crippen LogP) is 22.7. The quantitative estimate of drug-likeness (QED) is 0.150. The third-order valence-electron chi connectivity index (χ3n) is 18.7. The molecule has 0 aliphatic heterocycles. The molecule has 84 heavy (non-hydrogen) atoms. The lowest BCUT2D eigenvalue weighted by Gasteiger charge is -2.32. The van der Waals surface area contributed by atoms with Gasteiger partial charge in [0.1, 0.15) is 0 Å². The number of nitrogens with zero attached hydrogens (tertiary/aromatic N) is 3. The maximum Gasteiger partial charge on any atom is 0.0555 e. The van der Waals surface area contributed by atoms with Gasteiger partial charge in [-0.05, 0) is 174 Å². The SMILES string of the molecule is CC1(C)c2ccccc2-c2ccc(N(c3cc(-c4ccc5c6c7sc8ccccc8c7ccc6n(-c6ccccc6)c5c4)cc(N(c4ccc5c(c4)C(C)(C)c4ccccc4-5)c4ccc5ccccc5c4)c3)c3ccc4ccccc4c3)cc21. The number of hydrogen-bond acceptors (Lipinski definition) is 3. The fourth-order valence-corrected chi connectivity index (χ4v) is 15.8. The molecule has 2 aliphatic carbocycles. The summed E-state index contributed by atoms with van der Waals surface area (Å²) >= 11 is 1.90. The van der Waals surface area contributed by atoms with E-state index in [-0.39, 0.29) is 10.8 Å². The lowest BCUT2D eigenvalue weighted by atomic mass is 9.82. The van der Waals surface area contributed by atoms with Crippen molar-refractivity contribution in [2.45, 2.75) is 38.5 Å². The van der Waals surface area contributed by atoms with Crippen LogP contribution >= 0.6 is 11.3 Å². The molecule has 0 amide bonds. The minimum atomic E-state index is -0.202. The normalized spacial score (nSPS) is 13.7. The largest absolute Gasteiger partial charge is 0.310 e. The first kappa shape index (κ1) is 48.7. The summed E-state index contributed by atoms with van der Waals surface area (Å²) in [6, 6.07) is 103. The zero-order valence-electron chi connectivity index (χ0n) is 47.2. The molecule has 3 nitrogen and oxygen atoms in total. The number of hydrogen-bond donors (Lipinski definition) is 0. The predicted molar refractivity (Wildman–Crippen MR) is 359 cm³/mol. The van der Waals surface area contributed by atoms with Crippen LogP contribution in [0.1, 0.15) is 49.9 Å². The maximum absolute atomic E-state index is 2.51. The van der Waals surface area contributed by atoms with Gasteiger partial charge in [0.25, 0.3) is 0 Å². The Labute approximate surface area is 493 Å². The molecule has 0 fully saturated rings. The molecule has 15 aromatic rings. The molecule has 13 aromatic carbocycles. The van der Waals surface area contributed by atoms with Crippen LogP contribution < -0.4 is 9.80 Å². The van der Waals surface area contributed by atoms with Crippen LogP contribution in [0.15, 0.2) is 273 Å². The topological polar surface area (TPSA) is 11.4 Å². The molecular formula is C80H57N3S. The Morgan fingerprint density at radius 3 is 1.40 bits per heavy atom. The van der Waals surface area contributed by atoms with E-state index in [1.807, 2.05) is 11.3 Å². The van der Waals surface area contributed by atoms with E-state index in [0.29, 0.717) is 0 Å². The molecule has 0 saturated heterocycles. The Balaban J connectivity index is 0.956. The monoisotopic (exact) mass is 1090 g/mol. The maximum atomic E-state index is 2.51. The zero-order valence-corrected chi connectivity index (χ0v) is 48.0. The van der Waals surface area contributed by atoms with Gasteiger partial charge < -0.3 is 14.4 Å². The Kier molecular flexibility index (Phi) is 10.6. The molecule has 0 saturated carbocycles. The highest BCUT2D eigenvalue weighted by Crippen LogP contribution is 2.54. The van der Waals surface area contributed by atoms with Gasteiger partial charge in [0.15, 0.2) is 0 Å². The third kappa shape index (κ3) is 7.30. The summed E-state index contributed by atoms with van der Waals surface area (Å²) in [5, 5.41) is 9.94. The van der Waals surface area contributed by atoms with E-state index in [9.17, 15) is 0 Å². The van der Waals surface area contributed by atoms with Crippen LogP contribution in [-0.2, 0) is 10.8 Å². The second kappa shape index (κ2) is 18.2. The summed E-state index contributed by atoms with van der Waals surface area (Å²) in [7, 11) is 0. The van der Waals surface area contributed by atoms with Crippen molar-refractivity contribution in [2.24, 2.45) is 0 Å². The molecule has 0 bridgehead atoms. The highest BCUT2D eigenvalue weighted by Gasteiger charge is 2.38. The van der Waals surface area contributed by atoms with Gasteiger partial charge in [0.05, 0.1) is 11.0 Å². The van der Waals surface area contributed by atoms with Crippen molar-refractivity contribution in [3.63, 3.8) is 0 Å². The van der Waals surface area contributed by atoms with Crippen LogP contribution in [0.4, 0.5) is 34.1 Å². The van der Waals surface area contributed by atoms with Gasteiger partial charge in [0.2, 0.25) is 0 Å². The van der Waals surface area contributed by atoms with Crippen LogP contribution in [0.2, 0.25) is 0 Å². The fourth-order valence-electron chi connectivity index (χ4n) is 14.5. The molecule has 2 aromatic heterocycles. The Bertz CT molecular complexity index is 5020. The standard InChI is InChI=1S/C80H57N3S/c1-79(2)70-27-15-12-24-63(70)65-38-35-59(48-72(65)79)81(57-33-30-50-18-8-10-20-52(50)42-57)61-44-55(54-32-37-69-75(46-54)83(56-22-6-5-7-23-56)74-41-40-68-67-26-14-17-29-76(67)84-78(68)77(69)74)45-62(47-61)82(58-34-31-51-19-9-11-21-53(51)43-58)60-36-39-66-64-25-13-16-28-71(64)80(3,4)73(66)49-60/h5-49H,1-4H3. The zero-order chi connectivity index (χ0) is 56.0. The van der Waals surface area contributed by atoms with Crippen LogP contribution in [0.3, 0.4) is 0 Å². The second-order valence-corrected chi connectivity index (χ2v) is 25.2. The summed E-state index contributed by atoms with van der Waals surface area (Å²) < 4.78 is 5.12. The van der Waals surface area contributed by atoms with Crippen molar-refractivity contribution in [3.05, 3.63) is 295 Å². The number of fused-ring (bicyclic) bond motifs is 15. The molecule has 4 heteroatoms. The summed E-state index contributed by atoms with van der Waals surface area (Å²) in [5.41, 5.74) is 22.5. The first-order chi connectivity index (χ1) is 41.1. The molecule has 0 atom stereocenters. The van der Waals surface area contributed by atoms with E-state index in [1.54, 1.807) is 0 Å². The van der Waals surface area contributed by atoms with Gasteiger partial charge in [-0.2, -0.15) is 0 Å². The molecule has 17 rings (SSSR count). The molecule has 0 spiro atoms. The highest BCUT2D eigenvalue weighted by molar-refractivity contribution is 7.26. The van der Waals surface area contributed by atoms with Crippen molar-refractivity contribution in [3.8, 4) is 39.1 Å². The Morgan fingerprint density at radius 2 is 0.798 bits per heavy atom. The van der Waals surface area contributed by atoms with E-state index < -0.39 is 0 Å². The van der Waals surface area contributed by atoms with Gasteiger partial charge in [0, 0.05) is 81.6 Å². The minimum absolute atomic E-state index is 0.202. The Morgan fingerprint density at radius 1 is 0.310 bits per heavy atom. The number of para-hydroxylation sites is 1.